The number of carbonyl (C=O) groups is 3. The van der Waals surface area contributed by atoms with Gasteiger partial charge in [-0.2, -0.15) is 0 Å². The third-order valence-corrected chi connectivity index (χ3v) is 6.45. The Labute approximate surface area is 157 Å². The number of rotatable bonds is 6. The quantitative estimate of drug-likeness (QED) is 0.581. The van der Waals surface area contributed by atoms with E-state index >= 15 is 0 Å². The van der Waals surface area contributed by atoms with Gasteiger partial charge in [-0.25, -0.2) is 9.59 Å². The van der Waals surface area contributed by atoms with Gasteiger partial charge in [-0.05, 0) is 36.2 Å². The molecule has 1 aliphatic carbocycles. The van der Waals surface area contributed by atoms with E-state index in [2.05, 4.69) is 26.1 Å². The smallest absolute Gasteiger partial charge is 0.341 e. The lowest BCUT2D eigenvalue weighted by atomic mass is 9.69. The van der Waals surface area contributed by atoms with E-state index < -0.39 is 17.8 Å². The van der Waals surface area contributed by atoms with E-state index in [4.69, 9.17) is 9.84 Å². The van der Waals surface area contributed by atoms with E-state index in [-0.39, 0.29) is 5.41 Å². The van der Waals surface area contributed by atoms with Gasteiger partial charge < -0.3 is 15.2 Å². The number of esters is 1. The van der Waals surface area contributed by atoms with Crippen molar-refractivity contribution in [2.45, 2.75) is 46.5 Å². The molecule has 6 nitrogen and oxygen atoms in total. The number of amides is 1. The first-order valence-electron chi connectivity index (χ1n) is 8.64. The summed E-state index contributed by atoms with van der Waals surface area (Å²) in [7, 11) is 1.31. The maximum atomic E-state index is 12.3. The van der Waals surface area contributed by atoms with Crippen LogP contribution in [0.5, 0.6) is 0 Å². The third-order valence-electron chi connectivity index (χ3n) is 5.29. The summed E-state index contributed by atoms with van der Waals surface area (Å²) in [5.41, 5.74) is 1.56. The third kappa shape index (κ3) is 4.33. The van der Waals surface area contributed by atoms with Crippen LogP contribution in [0.25, 0.3) is 0 Å². The molecule has 0 saturated heterocycles. The summed E-state index contributed by atoms with van der Waals surface area (Å²) in [6.45, 7) is 6.71. The fourth-order valence-corrected chi connectivity index (χ4v) is 4.57. The van der Waals surface area contributed by atoms with Crippen LogP contribution in [0.1, 0.15) is 54.4 Å². The fraction of sp³-hybridized carbons (Fsp3) is 0.526. The van der Waals surface area contributed by atoms with Crippen molar-refractivity contribution in [2.75, 3.05) is 12.4 Å². The fourth-order valence-electron chi connectivity index (χ4n) is 3.25. The number of hydrogen-bond donors (Lipinski definition) is 2. The number of nitrogens with one attached hydrogen (secondary N) is 1. The Morgan fingerprint density at radius 2 is 2.04 bits per heavy atom. The van der Waals surface area contributed by atoms with Gasteiger partial charge in [0, 0.05) is 17.0 Å². The number of fused-ring (bicyclic) bond motifs is 1. The first-order valence-corrected chi connectivity index (χ1v) is 9.46. The maximum Gasteiger partial charge on any atom is 0.341 e. The second kappa shape index (κ2) is 8.03. The molecular weight excluding hydrogens is 354 g/mol. The number of aliphatic carboxylic acids is 1. The molecule has 0 aromatic carbocycles. The predicted octanol–water partition coefficient (Wildman–Crippen LogP) is 3.66. The number of thiophene rings is 1. The molecule has 2 rings (SSSR count). The van der Waals surface area contributed by atoms with Crippen LogP contribution in [-0.4, -0.2) is 30.1 Å². The van der Waals surface area contributed by atoms with Gasteiger partial charge in [-0.1, -0.05) is 27.2 Å². The van der Waals surface area contributed by atoms with Crippen molar-refractivity contribution in [3.8, 4) is 0 Å². The van der Waals surface area contributed by atoms with E-state index in [1.54, 1.807) is 0 Å². The Hall–Kier alpha value is -2.15. The van der Waals surface area contributed by atoms with Crippen molar-refractivity contribution in [3.05, 3.63) is 28.2 Å². The lowest BCUT2D eigenvalue weighted by molar-refractivity contribution is -0.131. The molecule has 1 aromatic heterocycles. The zero-order valence-corrected chi connectivity index (χ0v) is 16.4. The number of ether oxygens (including phenoxy) is 1. The van der Waals surface area contributed by atoms with Gasteiger partial charge in [0.2, 0.25) is 5.91 Å². The number of hydrogen-bond acceptors (Lipinski definition) is 5. The van der Waals surface area contributed by atoms with E-state index in [1.807, 2.05) is 0 Å². The van der Waals surface area contributed by atoms with Gasteiger partial charge in [0.25, 0.3) is 0 Å². The van der Waals surface area contributed by atoms with Crippen LogP contribution in [-0.2, 0) is 27.2 Å². The van der Waals surface area contributed by atoms with Crippen LogP contribution in [0, 0.1) is 11.3 Å². The molecule has 0 radical (unpaired) electrons. The van der Waals surface area contributed by atoms with Crippen molar-refractivity contribution in [1.82, 2.24) is 0 Å². The highest BCUT2D eigenvalue weighted by molar-refractivity contribution is 7.17. The van der Waals surface area contributed by atoms with E-state index in [0.29, 0.717) is 16.5 Å². The molecule has 1 aliphatic rings. The standard InChI is InChI=1S/C19H25NO5S/c1-5-19(2,3)11-6-7-12-13(10-11)26-17(16(12)18(24)25-4)20-14(21)8-9-15(22)23/h8-9,11H,5-7,10H2,1-4H3,(H,20,21)(H,22,23). The highest BCUT2D eigenvalue weighted by atomic mass is 32.1. The molecule has 0 fully saturated rings. The monoisotopic (exact) mass is 379 g/mol. The van der Waals surface area contributed by atoms with Crippen molar-refractivity contribution in [3.63, 3.8) is 0 Å². The highest BCUT2D eigenvalue weighted by Gasteiger charge is 2.35. The average Bonchev–Trinajstić information content (AvgIpc) is 2.96. The minimum atomic E-state index is -1.21. The Bertz CT molecular complexity index is 747. The second-order valence-electron chi connectivity index (χ2n) is 7.14. The van der Waals surface area contributed by atoms with Gasteiger partial charge in [-0.15, -0.1) is 11.3 Å². The molecule has 26 heavy (non-hydrogen) atoms. The van der Waals surface area contributed by atoms with E-state index in [0.717, 1.165) is 48.3 Å². The van der Waals surface area contributed by atoms with Crippen LogP contribution in [0.2, 0.25) is 0 Å². The maximum absolute atomic E-state index is 12.3. The van der Waals surface area contributed by atoms with Crippen LogP contribution in [0.4, 0.5) is 5.00 Å². The SMILES string of the molecule is CCC(C)(C)C1CCc2c(sc(NC(=O)C=CC(=O)O)c2C(=O)OC)C1. The minimum absolute atomic E-state index is 0.209. The lowest BCUT2D eigenvalue weighted by Crippen LogP contribution is -2.28. The molecular formula is C19H25NO5S. The molecule has 0 bridgehead atoms. The van der Waals surface area contributed by atoms with Crippen LogP contribution in [0.15, 0.2) is 12.2 Å². The molecule has 0 saturated carbocycles. The van der Waals surface area contributed by atoms with Gasteiger partial charge in [0.15, 0.2) is 0 Å². The van der Waals surface area contributed by atoms with E-state index in [1.165, 1.54) is 18.4 Å². The van der Waals surface area contributed by atoms with Crippen molar-refractivity contribution in [1.29, 1.82) is 0 Å². The van der Waals surface area contributed by atoms with Gasteiger partial charge in [0.1, 0.15) is 5.00 Å². The molecule has 1 unspecified atom stereocenters. The largest absolute Gasteiger partial charge is 0.478 e. The Kier molecular flexibility index (Phi) is 6.23. The summed E-state index contributed by atoms with van der Waals surface area (Å²) >= 11 is 1.38. The van der Waals surface area contributed by atoms with Crippen molar-refractivity contribution in [2.24, 2.45) is 11.3 Å². The zero-order valence-electron chi connectivity index (χ0n) is 15.5. The second-order valence-corrected chi connectivity index (χ2v) is 8.25. The molecule has 0 aliphatic heterocycles. The number of carboxylic acid groups (broad SMARTS) is 1. The molecule has 0 spiro atoms. The highest BCUT2D eigenvalue weighted by Crippen LogP contribution is 2.45. The summed E-state index contributed by atoms with van der Waals surface area (Å²) in [5, 5.41) is 11.7. The Balaban J connectivity index is 2.34. The molecule has 1 atom stereocenters. The first kappa shape index (κ1) is 20.2. The molecule has 142 valence electrons. The van der Waals surface area contributed by atoms with E-state index in [9.17, 15) is 14.4 Å². The number of carbonyl (C=O) groups excluding carboxylic acids is 2. The van der Waals surface area contributed by atoms with Crippen LogP contribution >= 0.6 is 11.3 Å². The lowest BCUT2D eigenvalue weighted by Gasteiger charge is -2.36. The molecule has 2 N–H and O–H groups in total. The Morgan fingerprint density at radius 1 is 1.35 bits per heavy atom. The zero-order chi connectivity index (χ0) is 19.5. The number of anilines is 1. The normalized spacial score (nSPS) is 17.0. The minimum Gasteiger partial charge on any atom is -0.478 e. The summed E-state index contributed by atoms with van der Waals surface area (Å²) in [6, 6.07) is 0. The number of carboxylic acids is 1. The van der Waals surface area contributed by atoms with Gasteiger partial charge >= 0.3 is 11.9 Å². The molecule has 7 heteroatoms. The van der Waals surface area contributed by atoms with Crippen molar-refractivity contribution >= 4 is 34.2 Å². The average molecular weight is 379 g/mol. The summed E-state index contributed by atoms with van der Waals surface area (Å²) in [6.07, 6.45) is 5.40. The summed E-state index contributed by atoms with van der Waals surface area (Å²) in [5.74, 6) is -1.75. The van der Waals surface area contributed by atoms with Gasteiger partial charge in [-0.3, -0.25) is 4.79 Å². The van der Waals surface area contributed by atoms with Gasteiger partial charge in [0.05, 0.1) is 12.7 Å². The molecule has 1 amide bonds. The first-order chi connectivity index (χ1) is 12.2. The molecule has 1 aromatic rings. The Morgan fingerprint density at radius 3 is 2.62 bits per heavy atom. The summed E-state index contributed by atoms with van der Waals surface area (Å²) < 4.78 is 4.90. The number of methoxy groups -OCH3 is 1. The summed E-state index contributed by atoms with van der Waals surface area (Å²) in [4.78, 5) is 35.9. The van der Waals surface area contributed by atoms with Crippen molar-refractivity contribution < 1.29 is 24.2 Å². The predicted molar refractivity (Wildman–Crippen MR) is 101 cm³/mol. The topological polar surface area (TPSA) is 92.7 Å². The van der Waals surface area contributed by atoms with Crippen LogP contribution < -0.4 is 5.32 Å². The van der Waals surface area contributed by atoms with Crippen LogP contribution in [0.3, 0.4) is 0 Å². The molecule has 1 heterocycles.